The lowest BCUT2D eigenvalue weighted by atomic mass is 10.1. The number of carbonyl (C=O) groups excluding carboxylic acids is 3. The highest BCUT2D eigenvalue weighted by Crippen LogP contribution is 2.21. The molecule has 3 rings (SSSR count). The summed E-state index contributed by atoms with van der Waals surface area (Å²) in [5.41, 5.74) is 3.50. The van der Waals surface area contributed by atoms with Crippen LogP contribution in [-0.4, -0.2) is 47.3 Å². The molecule has 2 heterocycles. The first-order valence-electron chi connectivity index (χ1n) is 7.16. The number of hydrogen-bond donors (Lipinski definition) is 1. The van der Waals surface area contributed by atoms with E-state index in [9.17, 15) is 14.4 Å². The minimum absolute atomic E-state index is 0.233. The molecule has 1 aromatic rings. The molecule has 1 N–H and O–H groups in total. The summed E-state index contributed by atoms with van der Waals surface area (Å²) in [6.07, 6.45) is 3.27. The van der Waals surface area contributed by atoms with Crippen LogP contribution in [0.25, 0.3) is 0 Å². The van der Waals surface area contributed by atoms with Crippen molar-refractivity contribution in [2.24, 2.45) is 0 Å². The van der Waals surface area contributed by atoms with Crippen molar-refractivity contribution in [1.82, 2.24) is 15.3 Å². The molecule has 6 heteroatoms. The van der Waals surface area contributed by atoms with E-state index in [1.54, 1.807) is 24.3 Å². The number of nitrogens with one attached hydrogen (secondary N) is 1. The summed E-state index contributed by atoms with van der Waals surface area (Å²) >= 11 is 0. The van der Waals surface area contributed by atoms with Crippen LogP contribution < -0.4 is 5.43 Å². The van der Waals surface area contributed by atoms with Crippen molar-refractivity contribution in [3.05, 3.63) is 35.4 Å². The minimum atomic E-state index is -0.399. The van der Waals surface area contributed by atoms with Gasteiger partial charge in [-0.15, -0.1) is 0 Å². The topological polar surface area (TPSA) is 69.7 Å². The largest absolute Gasteiger partial charge is 0.287 e. The molecule has 0 atom stereocenters. The monoisotopic (exact) mass is 287 g/mol. The van der Waals surface area contributed by atoms with Crippen molar-refractivity contribution >= 4 is 17.7 Å². The number of carbonyl (C=O) groups is 3. The van der Waals surface area contributed by atoms with Crippen molar-refractivity contribution in [2.45, 2.75) is 19.3 Å². The Morgan fingerprint density at radius 1 is 1.00 bits per heavy atom. The van der Waals surface area contributed by atoms with E-state index in [0.717, 1.165) is 30.8 Å². The van der Waals surface area contributed by atoms with Gasteiger partial charge in [-0.05, 0) is 25.0 Å². The number of piperidine rings is 1. The van der Waals surface area contributed by atoms with Gasteiger partial charge in [-0.3, -0.25) is 24.7 Å². The predicted octanol–water partition coefficient (Wildman–Crippen LogP) is 0.800. The first-order chi connectivity index (χ1) is 10.2. The van der Waals surface area contributed by atoms with Gasteiger partial charge in [0, 0.05) is 13.1 Å². The predicted molar refractivity (Wildman–Crippen MR) is 75.4 cm³/mol. The van der Waals surface area contributed by atoms with Crippen LogP contribution in [0.4, 0.5) is 0 Å². The SMILES string of the molecule is O=C(CN1C(=O)c2ccccc2C1=O)NN1CCCCC1. The molecule has 3 amide bonds. The highest BCUT2D eigenvalue weighted by atomic mass is 16.2. The van der Waals surface area contributed by atoms with Gasteiger partial charge in [0.05, 0.1) is 11.1 Å². The van der Waals surface area contributed by atoms with E-state index in [0.29, 0.717) is 11.1 Å². The van der Waals surface area contributed by atoms with Gasteiger partial charge in [-0.25, -0.2) is 5.01 Å². The van der Waals surface area contributed by atoms with Crippen LogP contribution in [0.5, 0.6) is 0 Å². The highest BCUT2D eigenvalue weighted by molar-refractivity contribution is 6.22. The van der Waals surface area contributed by atoms with E-state index < -0.39 is 11.8 Å². The molecule has 0 unspecified atom stereocenters. The van der Waals surface area contributed by atoms with Crippen LogP contribution in [0.1, 0.15) is 40.0 Å². The van der Waals surface area contributed by atoms with Gasteiger partial charge >= 0.3 is 0 Å². The first kappa shape index (κ1) is 13.8. The van der Waals surface area contributed by atoms with Crippen LogP contribution in [0.3, 0.4) is 0 Å². The Hall–Kier alpha value is -2.21. The van der Waals surface area contributed by atoms with E-state index in [1.807, 2.05) is 5.01 Å². The number of rotatable bonds is 3. The number of hydrogen-bond acceptors (Lipinski definition) is 4. The number of benzene rings is 1. The molecule has 0 spiro atoms. The third-order valence-electron chi connectivity index (χ3n) is 3.82. The van der Waals surface area contributed by atoms with Crippen molar-refractivity contribution in [2.75, 3.05) is 19.6 Å². The van der Waals surface area contributed by atoms with E-state index in [-0.39, 0.29) is 12.5 Å². The maximum absolute atomic E-state index is 12.1. The average molecular weight is 287 g/mol. The Bertz CT molecular complexity index is 559. The summed E-state index contributed by atoms with van der Waals surface area (Å²) in [4.78, 5) is 37.3. The maximum Gasteiger partial charge on any atom is 0.262 e. The molecule has 1 aromatic carbocycles. The lowest BCUT2D eigenvalue weighted by molar-refractivity contribution is -0.126. The van der Waals surface area contributed by atoms with Crippen LogP contribution in [0.15, 0.2) is 24.3 Å². The normalized spacial score (nSPS) is 18.8. The third-order valence-corrected chi connectivity index (χ3v) is 3.82. The van der Waals surface area contributed by atoms with Gasteiger partial charge in [0.2, 0.25) is 0 Å². The third kappa shape index (κ3) is 2.67. The molecule has 1 saturated heterocycles. The van der Waals surface area contributed by atoms with E-state index in [2.05, 4.69) is 5.43 Å². The molecule has 21 heavy (non-hydrogen) atoms. The van der Waals surface area contributed by atoms with Crippen LogP contribution in [0.2, 0.25) is 0 Å². The first-order valence-corrected chi connectivity index (χ1v) is 7.16. The fourth-order valence-electron chi connectivity index (χ4n) is 2.74. The van der Waals surface area contributed by atoms with Gasteiger partial charge < -0.3 is 0 Å². The van der Waals surface area contributed by atoms with Crippen molar-refractivity contribution < 1.29 is 14.4 Å². The van der Waals surface area contributed by atoms with E-state index >= 15 is 0 Å². The van der Waals surface area contributed by atoms with Gasteiger partial charge in [-0.1, -0.05) is 18.6 Å². The van der Waals surface area contributed by atoms with E-state index in [4.69, 9.17) is 0 Å². The van der Waals surface area contributed by atoms with Crippen LogP contribution in [0, 0.1) is 0 Å². The second kappa shape index (κ2) is 5.65. The van der Waals surface area contributed by atoms with Gasteiger partial charge in [-0.2, -0.15) is 0 Å². The standard InChI is InChI=1S/C15H17N3O3/c19-13(16-17-8-4-1-5-9-17)10-18-14(20)11-6-2-3-7-12(11)15(18)21/h2-3,6-7H,1,4-5,8-10H2,(H,16,19). The van der Waals surface area contributed by atoms with Crippen molar-refractivity contribution in [3.8, 4) is 0 Å². The molecule has 0 aliphatic carbocycles. The molecule has 0 saturated carbocycles. The average Bonchev–Trinajstić information content (AvgIpc) is 2.74. The smallest absolute Gasteiger partial charge is 0.262 e. The molecule has 1 fully saturated rings. The number of nitrogens with zero attached hydrogens (tertiary/aromatic N) is 2. The highest BCUT2D eigenvalue weighted by Gasteiger charge is 2.36. The number of imide groups is 1. The fourth-order valence-corrected chi connectivity index (χ4v) is 2.74. The summed E-state index contributed by atoms with van der Waals surface area (Å²) in [6, 6.07) is 6.64. The molecular formula is C15H17N3O3. The molecule has 110 valence electrons. The number of fused-ring (bicyclic) bond motifs is 1. The van der Waals surface area contributed by atoms with Crippen molar-refractivity contribution in [3.63, 3.8) is 0 Å². The second-order valence-corrected chi connectivity index (χ2v) is 5.32. The van der Waals surface area contributed by atoms with E-state index in [1.165, 1.54) is 6.42 Å². The van der Waals surface area contributed by atoms with Gasteiger partial charge in [0.15, 0.2) is 0 Å². The number of hydrazine groups is 1. The zero-order valence-corrected chi connectivity index (χ0v) is 11.7. The Morgan fingerprint density at radius 3 is 2.14 bits per heavy atom. The summed E-state index contributed by atoms with van der Waals surface area (Å²) in [5, 5.41) is 1.85. The number of amides is 3. The Kier molecular flexibility index (Phi) is 3.70. The summed E-state index contributed by atoms with van der Waals surface area (Å²) < 4.78 is 0. The molecular weight excluding hydrogens is 270 g/mol. The van der Waals surface area contributed by atoms with Gasteiger partial charge in [0.1, 0.15) is 6.54 Å². The summed E-state index contributed by atoms with van der Waals surface area (Å²) in [5.74, 6) is -1.12. The molecule has 6 nitrogen and oxygen atoms in total. The molecule has 2 aliphatic heterocycles. The summed E-state index contributed by atoms with van der Waals surface area (Å²) in [6.45, 7) is 1.39. The maximum atomic E-state index is 12.1. The minimum Gasteiger partial charge on any atom is -0.287 e. The molecule has 0 radical (unpaired) electrons. The quantitative estimate of drug-likeness (QED) is 0.835. The second-order valence-electron chi connectivity index (χ2n) is 5.32. The lowest BCUT2D eigenvalue weighted by Gasteiger charge is -2.27. The fraction of sp³-hybridized carbons (Fsp3) is 0.400. The summed E-state index contributed by atoms with van der Waals surface area (Å²) in [7, 11) is 0. The zero-order chi connectivity index (χ0) is 14.8. The lowest BCUT2D eigenvalue weighted by Crippen LogP contribution is -2.49. The Labute approximate surface area is 122 Å². The molecule has 0 aromatic heterocycles. The molecule has 0 bridgehead atoms. The Morgan fingerprint density at radius 2 is 1.57 bits per heavy atom. The van der Waals surface area contributed by atoms with Gasteiger partial charge in [0.25, 0.3) is 17.7 Å². The van der Waals surface area contributed by atoms with Crippen LogP contribution in [-0.2, 0) is 4.79 Å². The Balaban J connectivity index is 1.64. The molecule has 2 aliphatic rings. The van der Waals surface area contributed by atoms with Crippen molar-refractivity contribution in [1.29, 1.82) is 0 Å². The zero-order valence-electron chi connectivity index (χ0n) is 11.7. The van der Waals surface area contributed by atoms with Crippen LogP contribution >= 0.6 is 0 Å².